The third kappa shape index (κ3) is 3.06. The first-order valence-corrected chi connectivity index (χ1v) is 6.67. The first-order valence-electron chi connectivity index (χ1n) is 5.72. The molecule has 1 aromatic heterocycles. The lowest BCUT2D eigenvalue weighted by Crippen LogP contribution is -2.40. The van der Waals surface area contributed by atoms with Crippen molar-refractivity contribution >= 4 is 17.3 Å². The van der Waals surface area contributed by atoms with Crippen LogP contribution < -0.4 is 0 Å². The normalized spacial score (nSPS) is 22.1. The molecular weight excluding hydrogens is 222 g/mol. The van der Waals surface area contributed by atoms with Crippen molar-refractivity contribution in [2.45, 2.75) is 38.3 Å². The molecule has 0 bridgehead atoms. The van der Waals surface area contributed by atoms with Crippen LogP contribution in [0.1, 0.15) is 31.2 Å². The summed E-state index contributed by atoms with van der Waals surface area (Å²) in [7, 11) is 0. The van der Waals surface area contributed by atoms with Crippen LogP contribution >= 0.6 is 11.3 Å². The largest absolute Gasteiger partial charge is 0.481 e. The molecule has 4 heteroatoms. The summed E-state index contributed by atoms with van der Waals surface area (Å²) in [6.07, 6.45) is 3.67. The van der Waals surface area contributed by atoms with E-state index < -0.39 is 5.97 Å². The maximum Gasteiger partial charge on any atom is 0.304 e. The molecule has 0 saturated carbocycles. The van der Waals surface area contributed by atoms with E-state index in [2.05, 4.69) is 21.7 Å². The van der Waals surface area contributed by atoms with Crippen LogP contribution in [0.4, 0.5) is 0 Å². The SMILES string of the molecule is O=C(O)CC1CCCCN1Cc1ccsc1. The number of hydrogen-bond donors (Lipinski definition) is 1. The fourth-order valence-corrected chi connectivity index (χ4v) is 2.98. The lowest BCUT2D eigenvalue weighted by Gasteiger charge is -2.34. The number of rotatable bonds is 4. The Bertz CT molecular complexity index is 337. The van der Waals surface area contributed by atoms with Crippen molar-refractivity contribution in [1.82, 2.24) is 4.90 Å². The highest BCUT2D eigenvalue weighted by Crippen LogP contribution is 2.22. The van der Waals surface area contributed by atoms with Crippen molar-refractivity contribution in [1.29, 1.82) is 0 Å². The van der Waals surface area contributed by atoms with E-state index in [-0.39, 0.29) is 12.5 Å². The minimum absolute atomic E-state index is 0.228. The molecule has 0 spiro atoms. The molecule has 0 aromatic carbocycles. The molecule has 1 unspecified atom stereocenters. The Hall–Kier alpha value is -0.870. The van der Waals surface area contributed by atoms with Gasteiger partial charge in [-0.1, -0.05) is 6.42 Å². The molecule has 3 nitrogen and oxygen atoms in total. The van der Waals surface area contributed by atoms with Gasteiger partial charge in [-0.2, -0.15) is 11.3 Å². The third-order valence-corrected chi connectivity index (χ3v) is 3.86. The molecule has 1 saturated heterocycles. The topological polar surface area (TPSA) is 40.5 Å². The van der Waals surface area contributed by atoms with E-state index in [0.717, 1.165) is 25.9 Å². The molecule has 1 atom stereocenters. The van der Waals surface area contributed by atoms with Crippen molar-refractivity contribution in [3.63, 3.8) is 0 Å². The summed E-state index contributed by atoms with van der Waals surface area (Å²) in [5.74, 6) is -0.679. The molecule has 16 heavy (non-hydrogen) atoms. The molecule has 0 aliphatic carbocycles. The summed E-state index contributed by atoms with van der Waals surface area (Å²) >= 11 is 1.70. The maximum atomic E-state index is 10.8. The van der Waals surface area contributed by atoms with Gasteiger partial charge in [0.2, 0.25) is 0 Å². The number of nitrogens with zero attached hydrogens (tertiary/aromatic N) is 1. The van der Waals surface area contributed by atoms with E-state index in [0.29, 0.717) is 0 Å². The molecular formula is C12H17NO2S. The van der Waals surface area contributed by atoms with E-state index in [4.69, 9.17) is 5.11 Å². The standard InChI is InChI=1S/C12H17NO2S/c14-12(15)7-11-3-1-2-5-13(11)8-10-4-6-16-9-10/h4,6,9,11H,1-3,5,7-8H2,(H,14,15). The summed E-state index contributed by atoms with van der Waals surface area (Å²) in [6, 6.07) is 2.35. The Balaban J connectivity index is 1.96. The number of piperidine rings is 1. The second kappa shape index (κ2) is 5.46. The van der Waals surface area contributed by atoms with Gasteiger partial charge in [0.25, 0.3) is 0 Å². The predicted octanol–water partition coefficient (Wildman–Crippen LogP) is 2.58. The second-order valence-electron chi connectivity index (χ2n) is 4.35. The lowest BCUT2D eigenvalue weighted by molar-refractivity contribution is -0.138. The summed E-state index contributed by atoms with van der Waals surface area (Å²) < 4.78 is 0. The smallest absolute Gasteiger partial charge is 0.304 e. The monoisotopic (exact) mass is 239 g/mol. The Morgan fingerprint density at radius 2 is 2.44 bits per heavy atom. The Morgan fingerprint density at radius 3 is 3.12 bits per heavy atom. The third-order valence-electron chi connectivity index (χ3n) is 3.13. The van der Waals surface area contributed by atoms with Gasteiger partial charge in [-0.25, -0.2) is 0 Å². The van der Waals surface area contributed by atoms with E-state index in [9.17, 15) is 4.79 Å². The first-order chi connectivity index (χ1) is 7.75. The van der Waals surface area contributed by atoms with Crippen molar-refractivity contribution in [2.24, 2.45) is 0 Å². The number of thiophene rings is 1. The van der Waals surface area contributed by atoms with Gasteiger partial charge < -0.3 is 5.11 Å². The van der Waals surface area contributed by atoms with Gasteiger partial charge in [-0.15, -0.1) is 0 Å². The van der Waals surface area contributed by atoms with Gasteiger partial charge in [-0.05, 0) is 41.8 Å². The Labute approximate surface area is 99.7 Å². The van der Waals surface area contributed by atoms with Crippen LogP contribution in [0.2, 0.25) is 0 Å². The molecule has 1 N–H and O–H groups in total. The van der Waals surface area contributed by atoms with E-state index in [1.165, 1.54) is 12.0 Å². The van der Waals surface area contributed by atoms with Gasteiger partial charge in [-0.3, -0.25) is 9.69 Å². The van der Waals surface area contributed by atoms with Gasteiger partial charge in [0.05, 0.1) is 6.42 Å². The van der Waals surface area contributed by atoms with Crippen LogP contribution in [0.5, 0.6) is 0 Å². The number of carboxylic acid groups (broad SMARTS) is 1. The first kappa shape index (κ1) is 11.6. The maximum absolute atomic E-state index is 10.8. The average molecular weight is 239 g/mol. The summed E-state index contributed by atoms with van der Waals surface area (Å²) in [6.45, 7) is 1.94. The number of carboxylic acids is 1. The van der Waals surface area contributed by atoms with Crippen LogP contribution in [0.15, 0.2) is 16.8 Å². The van der Waals surface area contributed by atoms with Crippen LogP contribution in [-0.2, 0) is 11.3 Å². The van der Waals surface area contributed by atoms with Crippen LogP contribution in [0, 0.1) is 0 Å². The molecule has 1 fully saturated rings. The van der Waals surface area contributed by atoms with Crippen molar-refractivity contribution < 1.29 is 9.90 Å². The van der Waals surface area contributed by atoms with Crippen LogP contribution in [0.25, 0.3) is 0 Å². The molecule has 0 radical (unpaired) electrons. The van der Waals surface area contributed by atoms with Gasteiger partial charge >= 0.3 is 5.97 Å². The van der Waals surface area contributed by atoms with Gasteiger partial charge in [0.1, 0.15) is 0 Å². The summed E-state index contributed by atoms with van der Waals surface area (Å²) in [5.41, 5.74) is 1.31. The zero-order valence-corrected chi connectivity index (χ0v) is 10.1. The van der Waals surface area contributed by atoms with Crippen LogP contribution in [-0.4, -0.2) is 28.6 Å². The highest BCUT2D eigenvalue weighted by atomic mass is 32.1. The van der Waals surface area contributed by atoms with E-state index >= 15 is 0 Å². The van der Waals surface area contributed by atoms with Crippen LogP contribution in [0.3, 0.4) is 0 Å². The fourth-order valence-electron chi connectivity index (χ4n) is 2.32. The number of aliphatic carboxylic acids is 1. The van der Waals surface area contributed by atoms with Crippen molar-refractivity contribution in [3.8, 4) is 0 Å². The summed E-state index contributed by atoms with van der Waals surface area (Å²) in [4.78, 5) is 13.1. The van der Waals surface area contributed by atoms with E-state index in [1.54, 1.807) is 11.3 Å². The highest BCUT2D eigenvalue weighted by molar-refractivity contribution is 7.07. The average Bonchev–Trinajstić information content (AvgIpc) is 2.73. The molecule has 1 aliphatic heterocycles. The zero-order chi connectivity index (χ0) is 11.4. The van der Waals surface area contributed by atoms with Gasteiger partial charge in [0.15, 0.2) is 0 Å². The minimum atomic E-state index is -0.679. The number of hydrogen-bond acceptors (Lipinski definition) is 3. The molecule has 0 amide bonds. The predicted molar refractivity (Wildman–Crippen MR) is 64.6 cm³/mol. The van der Waals surface area contributed by atoms with Crippen molar-refractivity contribution in [3.05, 3.63) is 22.4 Å². The Morgan fingerprint density at radius 1 is 1.56 bits per heavy atom. The zero-order valence-electron chi connectivity index (χ0n) is 9.26. The number of carbonyl (C=O) groups is 1. The minimum Gasteiger partial charge on any atom is -0.481 e. The molecule has 1 aromatic rings. The quantitative estimate of drug-likeness (QED) is 0.878. The Kier molecular flexibility index (Phi) is 3.96. The molecule has 2 rings (SSSR count). The molecule has 1 aliphatic rings. The van der Waals surface area contributed by atoms with E-state index in [1.807, 2.05) is 0 Å². The number of likely N-dealkylation sites (tertiary alicyclic amines) is 1. The fraction of sp³-hybridized carbons (Fsp3) is 0.583. The second-order valence-corrected chi connectivity index (χ2v) is 5.13. The highest BCUT2D eigenvalue weighted by Gasteiger charge is 2.24. The molecule has 2 heterocycles. The van der Waals surface area contributed by atoms with Crippen molar-refractivity contribution in [2.75, 3.05) is 6.54 Å². The molecule has 88 valence electrons. The summed E-state index contributed by atoms with van der Waals surface area (Å²) in [5, 5.41) is 13.1. The van der Waals surface area contributed by atoms with Gasteiger partial charge in [0, 0.05) is 12.6 Å². The lowest BCUT2D eigenvalue weighted by atomic mass is 9.99.